The molecule has 0 bridgehead atoms. The van der Waals surface area contributed by atoms with Gasteiger partial charge in [0.2, 0.25) is 0 Å². The minimum Gasteiger partial charge on any atom is -0.392 e. The second-order valence-corrected chi connectivity index (χ2v) is 4.97. The molecule has 2 nitrogen and oxygen atoms in total. The van der Waals surface area contributed by atoms with Crippen molar-refractivity contribution in [1.29, 1.82) is 0 Å². The lowest BCUT2D eigenvalue weighted by Crippen LogP contribution is -2.43. The van der Waals surface area contributed by atoms with Gasteiger partial charge in [-0.15, -0.1) is 0 Å². The van der Waals surface area contributed by atoms with Gasteiger partial charge in [-0.2, -0.15) is 0 Å². The molecule has 13 heavy (non-hydrogen) atoms. The molecule has 2 N–H and O–H groups in total. The number of hydrogen-bond acceptors (Lipinski definition) is 2. The highest BCUT2D eigenvalue weighted by Crippen LogP contribution is 2.26. The number of aliphatic hydroxyl groups excluding tert-OH is 1. The first-order valence-electron chi connectivity index (χ1n) is 5.49. The monoisotopic (exact) mass is 185 g/mol. The Morgan fingerprint density at radius 2 is 2.00 bits per heavy atom. The molecule has 1 rings (SSSR count). The van der Waals surface area contributed by atoms with Crippen LogP contribution in [0.15, 0.2) is 0 Å². The van der Waals surface area contributed by atoms with Crippen LogP contribution in [0.4, 0.5) is 0 Å². The lowest BCUT2D eigenvalue weighted by molar-refractivity contribution is 0.128. The molecular formula is C11H23NO. The molecule has 1 fully saturated rings. The Bertz CT molecular complexity index is 141. The zero-order valence-corrected chi connectivity index (χ0v) is 9.09. The Kier molecular flexibility index (Phi) is 4.20. The molecule has 1 atom stereocenters. The predicted molar refractivity (Wildman–Crippen MR) is 55.7 cm³/mol. The molecule has 2 heteroatoms. The van der Waals surface area contributed by atoms with Gasteiger partial charge in [0.05, 0.1) is 6.10 Å². The summed E-state index contributed by atoms with van der Waals surface area (Å²) >= 11 is 0. The summed E-state index contributed by atoms with van der Waals surface area (Å²) in [4.78, 5) is 0. The van der Waals surface area contributed by atoms with E-state index in [0.717, 1.165) is 18.9 Å². The van der Waals surface area contributed by atoms with E-state index in [9.17, 15) is 5.11 Å². The minimum absolute atomic E-state index is 0.157. The average Bonchev–Trinajstić information content (AvgIpc) is 1.94. The van der Waals surface area contributed by atoms with Crippen LogP contribution in [0.2, 0.25) is 0 Å². The molecule has 0 aliphatic heterocycles. The van der Waals surface area contributed by atoms with Gasteiger partial charge >= 0.3 is 0 Å². The number of aliphatic hydroxyl groups is 1. The van der Waals surface area contributed by atoms with Crippen molar-refractivity contribution in [1.82, 2.24) is 5.32 Å². The van der Waals surface area contributed by atoms with Crippen molar-refractivity contribution in [3.8, 4) is 0 Å². The van der Waals surface area contributed by atoms with Gasteiger partial charge in [0, 0.05) is 12.6 Å². The summed E-state index contributed by atoms with van der Waals surface area (Å²) in [5.41, 5.74) is 0. The molecule has 1 saturated carbocycles. The molecule has 1 aliphatic rings. The van der Waals surface area contributed by atoms with Crippen molar-refractivity contribution in [2.75, 3.05) is 6.54 Å². The highest BCUT2D eigenvalue weighted by Gasteiger charge is 2.24. The minimum atomic E-state index is -0.157. The molecule has 1 unspecified atom stereocenters. The molecule has 0 aromatic carbocycles. The highest BCUT2D eigenvalue weighted by molar-refractivity contribution is 4.82. The standard InChI is InChI=1S/C11H23NO/c1-8(2)4-11(13)7-12-10-5-9(3)6-10/h8-13H,4-7H2,1-3H3. The molecule has 0 heterocycles. The van der Waals surface area contributed by atoms with Crippen molar-refractivity contribution in [3.63, 3.8) is 0 Å². The summed E-state index contributed by atoms with van der Waals surface area (Å²) < 4.78 is 0. The third-order valence-electron chi connectivity index (χ3n) is 2.76. The maximum Gasteiger partial charge on any atom is 0.0667 e. The van der Waals surface area contributed by atoms with E-state index in [1.165, 1.54) is 12.8 Å². The summed E-state index contributed by atoms with van der Waals surface area (Å²) in [6.45, 7) is 7.35. The molecule has 0 aromatic rings. The summed E-state index contributed by atoms with van der Waals surface area (Å²) in [6.07, 6.45) is 3.33. The largest absolute Gasteiger partial charge is 0.392 e. The quantitative estimate of drug-likeness (QED) is 0.684. The van der Waals surface area contributed by atoms with Gasteiger partial charge in [0.25, 0.3) is 0 Å². The molecule has 1 aliphatic carbocycles. The number of hydrogen-bond donors (Lipinski definition) is 2. The zero-order valence-electron chi connectivity index (χ0n) is 9.09. The van der Waals surface area contributed by atoms with E-state index in [-0.39, 0.29) is 6.10 Å². The smallest absolute Gasteiger partial charge is 0.0667 e. The van der Waals surface area contributed by atoms with Crippen LogP contribution in [0.1, 0.15) is 40.0 Å². The van der Waals surface area contributed by atoms with Gasteiger partial charge in [0.15, 0.2) is 0 Å². The van der Waals surface area contributed by atoms with E-state index in [1.807, 2.05) is 0 Å². The zero-order chi connectivity index (χ0) is 9.84. The van der Waals surface area contributed by atoms with Gasteiger partial charge in [-0.3, -0.25) is 0 Å². The Balaban J connectivity index is 1.99. The van der Waals surface area contributed by atoms with Crippen molar-refractivity contribution in [2.24, 2.45) is 11.8 Å². The van der Waals surface area contributed by atoms with Gasteiger partial charge in [-0.1, -0.05) is 20.8 Å². The fourth-order valence-corrected chi connectivity index (χ4v) is 2.00. The van der Waals surface area contributed by atoms with Crippen LogP contribution in [0.5, 0.6) is 0 Å². The highest BCUT2D eigenvalue weighted by atomic mass is 16.3. The van der Waals surface area contributed by atoms with Crippen LogP contribution in [-0.4, -0.2) is 23.8 Å². The van der Waals surface area contributed by atoms with E-state index < -0.39 is 0 Å². The number of rotatable bonds is 5. The summed E-state index contributed by atoms with van der Waals surface area (Å²) in [5, 5.41) is 13.0. The Hall–Kier alpha value is -0.0800. The van der Waals surface area contributed by atoms with Gasteiger partial charge in [-0.25, -0.2) is 0 Å². The van der Waals surface area contributed by atoms with Crippen LogP contribution < -0.4 is 5.32 Å². The van der Waals surface area contributed by atoms with E-state index in [1.54, 1.807) is 0 Å². The second kappa shape index (κ2) is 4.97. The van der Waals surface area contributed by atoms with Crippen LogP contribution in [-0.2, 0) is 0 Å². The first kappa shape index (κ1) is 11.0. The van der Waals surface area contributed by atoms with E-state index in [2.05, 4.69) is 26.1 Å². The van der Waals surface area contributed by atoms with E-state index >= 15 is 0 Å². The third-order valence-corrected chi connectivity index (χ3v) is 2.76. The lowest BCUT2D eigenvalue weighted by atomic mass is 9.82. The topological polar surface area (TPSA) is 32.3 Å². The summed E-state index contributed by atoms with van der Waals surface area (Å²) in [6, 6.07) is 0.678. The van der Waals surface area contributed by atoms with Gasteiger partial charge in [-0.05, 0) is 31.1 Å². The molecule has 0 radical (unpaired) electrons. The summed E-state index contributed by atoms with van der Waals surface area (Å²) in [5.74, 6) is 1.48. The summed E-state index contributed by atoms with van der Waals surface area (Å²) in [7, 11) is 0. The predicted octanol–water partition coefficient (Wildman–Crippen LogP) is 1.78. The Morgan fingerprint density at radius 1 is 1.38 bits per heavy atom. The lowest BCUT2D eigenvalue weighted by Gasteiger charge is -2.34. The van der Waals surface area contributed by atoms with Gasteiger partial charge in [0.1, 0.15) is 0 Å². The van der Waals surface area contributed by atoms with Crippen LogP contribution in [0.25, 0.3) is 0 Å². The third kappa shape index (κ3) is 4.10. The van der Waals surface area contributed by atoms with Gasteiger partial charge < -0.3 is 10.4 Å². The molecule has 0 spiro atoms. The normalized spacial score (nSPS) is 30.2. The fraction of sp³-hybridized carbons (Fsp3) is 1.00. The van der Waals surface area contributed by atoms with Crippen molar-refractivity contribution < 1.29 is 5.11 Å². The molecule has 0 amide bonds. The maximum absolute atomic E-state index is 9.59. The number of nitrogens with one attached hydrogen (secondary N) is 1. The fourth-order valence-electron chi connectivity index (χ4n) is 2.00. The van der Waals surface area contributed by atoms with Crippen LogP contribution >= 0.6 is 0 Å². The van der Waals surface area contributed by atoms with Crippen molar-refractivity contribution in [3.05, 3.63) is 0 Å². The molecule has 0 aromatic heterocycles. The van der Waals surface area contributed by atoms with E-state index in [4.69, 9.17) is 0 Å². The van der Waals surface area contributed by atoms with Crippen LogP contribution in [0.3, 0.4) is 0 Å². The first-order valence-corrected chi connectivity index (χ1v) is 5.49. The first-order chi connectivity index (χ1) is 6.08. The van der Waals surface area contributed by atoms with Crippen LogP contribution in [0, 0.1) is 11.8 Å². The second-order valence-electron chi connectivity index (χ2n) is 4.97. The average molecular weight is 185 g/mol. The molecule has 0 saturated heterocycles. The van der Waals surface area contributed by atoms with Crippen molar-refractivity contribution >= 4 is 0 Å². The molecular weight excluding hydrogens is 162 g/mol. The molecule has 78 valence electrons. The Morgan fingerprint density at radius 3 is 2.46 bits per heavy atom. The van der Waals surface area contributed by atoms with Crippen molar-refractivity contribution in [2.45, 2.75) is 52.2 Å². The Labute approximate surface area is 81.7 Å². The maximum atomic E-state index is 9.59. The van der Waals surface area contributed by atoms with E-state index in [0.29, 0.717) is 12.0 Å². The SMILES string of the molecule is CC(C)CC(O)CNC1CC(C)C1.